The SMILES string of the molecule is COc1ccc(Cl)cc1C(=O)Nc1ccc(-n2nc(C)cc2C)c(F)c1. The Morgan fingerprint density at radius 1 is 1.19 bits per heavy atom. The van der Waals surface area contributed by atoms with Crippen molar-refractivity contribution >= 4 is 23.2 Å². The normalized spacial score (nSPS) is 10.7. The summed E-state index contributed by atoms with van der Waals surface area (Å²) in [5.41, 5.74) is 2.52. The summed E-state index contributed by atoms with van der Waals surface area (Å²) in [5, 5.41) is 7.33. The third-order valence-corrected chi connectivity index (χ3v) is 4.08. The lowest BCUT2D eigenvalue weighted by atomic mass is 10.1. The van der Waals surface area contributed by atoms with Gasteiger partial charge in [-0.15, -0.1) is 0 Å². The average Bonchev–Trinajstić information content (AvgIpc) is 2.93. The molecule has 2 aromatic carbocycles. The fourth-order valence-corrected chi connectivity index (χ4v) is 2.86. The van der Waals surface area contributed by atoms with Gasteiger partial charge < -0.3 is 10.1 Å². The highest BCUT2D eigenvalue weighted by molar-refractivity contribution is 6.31. The molecular weight excluding hydrogens is 357 g/mol. The molecule has 0 aliphatic rings. The van der Waals surface area contributed by atoms with Crippen LogP contribution in [0.4, 0.5) is 10.1 Å². The van der Waals surface area contributed by atoms with Gasteiger partial charge in [-0.2, -0.15) is 5.10 Å². The van der Waals surface area contributed by atoms with Gasteiger partial charge in [0.05, 0.1) is 18.4 Å². The largest absolute Gasteiger partial charge is 0.496 e. The second kappa shape index (κ2) is 7.17. The van der Waals surface area contributed by atoms with Crippen molar-refractivity contribution in [1.29, 1.82) is 0 Å². The van der Waals surface area contributed by atoms with E-state index in [2.05, 4.69) is 10.4 Å². The molecule has 0 spiro atoms. The standard InChI is InChI=1S/C19H17ClFN3O2/c1-11-8-12(2)24(23-11)17-6-5-14(10-16(17)21)22-19(25)15-9-13(20)4-7-18(15)26-3/h4-10H,1-3H3,(H,22,25). The summed E-state index contributed by atoms with van der Waals surface area (Å²) in [7, 11) is 1.46. The second-order valence-electron chi connectivity index (χ2n) is 5.80. The van der Waals surface area contributed by atoms with E-state index in [0.717, 1.165) is 11.4 Å². The number of rotatable bonds is 4. The van der Waals surface area contributed by atoms with Crippen LogP contribution in [0.25, 0.3) is 5.69 Å². The van der Waals surface area contributed by atoms with Gasteiger partial charge in [0.2, 0.25) is 0 Å². The van der Waals surface area contributed by atoms with Crippen molar-refractivity contribution in [3.63, 3.8) is 0 Å². The number of carbonyl (C=O) groups is 1. The number of carbonyl (C=O) groups excluding carboxylic acids is 1. The first-order valence-electron chi connectivity index (χ1n) is 7.87. The Labute approximate surface area is 155 Å². The molecule has 0 unspecified atom stereocenters. The first-order valence-corrected chi connectivity index (χ1v) is 8.25. The van der Waals surface area contributed by atoms with Crippen LogP contribution in [0.3, 0.4) is 0 Å². The number of nitrogens with one attached hydrogen (secondary N) is 1. The van der Waals surface area contributed by atoms with Crippen molar-refractivity contribution < 1.29 is 13.9 Å². The molecule has 3 rings (SSSR count). The van der Waals surface area contributed by atoms with Crippen LogP contribution in [-0.4, -0.2) is 22.8 Å². The highest BCUT2D eigenvalue weighted by atomic mass is 35.5. The topological polar surface area (TPSA) is 56.1 Å². The lowest BCUT2D eigenvalue weighted by molar-refractivity contribution is 0.102. The Morgan fingerprint density at radius 2 is 1.96 bits per heavy atom. The zero-order valence-corrected chi connectivity index (χ0v) is 15.3. The second-order valence-corrected chi connectivity index (χ2v) is 6.24. The Hall–Kier alpha value is -2.86. The number of benzene rings is 2. The predicted octanol–water partition coefficient (Wildman–Crippen LogP) is 4.54. The molecule has 134 valence electrons. The third kappa shape index (κ3) is 3.55. The van der Waals surface area contributed by atoms with Crippen LogP contribution in [0.15, 0.2) is 42.5 Å². The molecule has 1 heterocycles. The van der Waals surface area contributed by atoms with E-state index in [1.54, 1.807) is 24.3 Å². The minimum atomic E-state index is -0.493. The molecule has 1 amide bonds. The average molecular weight is 374 g/mol. The molecule has 7 heteroatoms. The molecule has 1 aromatic heterocycles. The van der Waals surface area contributed by atoms with E-state index in [0.29, 0.717) is 22.1 Å². The number of aryl methyl sites for hydroxylation is 2. The number of anilines is 1. The fraction of sp³-hybridized carbons (Fsp3) is 0.158. The summed E-state index contributed by atoms with van der Waals surface area (Å²) >= 11 is 5.95. The van der Waals surface area contributed by atoms with E-state index in [9.17, 15) is 9.18 Å². The van der Waals surface area contributed by atoms with Gasteiger partial charge in [-0.05, 0) is 56.3 Å². The van der Waals surface area contributed by atoms with Gasteiger partial charge in [-0.25, -0.2) is 9.07 Å². The number of ether oxygens (including phenoxy) is 1. The number of halogens is 2. The summed E-state index contributed by atoms with van der Waals surface area (Å²) in [4.78, 5) is 12.5. The van der Waals surface area contributed by atoms with Crippen LogP contribution in [-0.2, 0) is 0 Å². The van der Waals surface area contributed by atoms with E-state index in [1.165, 1.54) is 23.9 Å². The maximum absolute atomic E-state index is 14.5. The Bertz CT molecular complexity index is 985. The number of methoxy groups -OCH3 is 1. The zero-order chi connectivity index (χ0) is 18.8. The van der Waals surface area contributed by atoms with Crippen LogP contribution in [0, 0.1) is 19.7 Å². The third-order valence-electron chi connectivity index (χ3n) is 3.85. The molecule has 0 aliphatic carbocycles. The Balaban J connectivity index is 1.88. The molecule has 3 aromatic rings. The highest BCUT2D eigenvalue weighted by Crippen LogP contribution is 2.25. The van der Waals surface area contributed by atoms with Crippen LogP contribution in [0.2, 0.25) is 5.02 Å². The molecule has 0 saturated carbocycles. The number of hydrogen-bond donors (Lipinski definition) is 1. The molecular formula is C19H17ClFN3O2. The minimum absolute atomic E-state index is 0.267. The molecule has 0 aliphatic heterocycles. The quantitative estimate of drug-likeness (QED) is 0.730. The van der Waals surface area contributed by atoms with Crippen molar-refractivity contribution in [2.75, 3.05) is 12.4 Å². The van der Waals surface area contributed by atoms with Crippen molar-refractivity contribution in [2.45, 2.75) is 13.8 Å². The molecule has 0 fully saturated rings. The molecule has 5 nitrogen and oxygen atoms in total. The van der Waals surface area contributed by atoms with Crippen LogP contribution >= 0.6 is 11.6 Å². The minimum Gasteiger partial charge on any atom is -0.496 e. The van der Waals surface area contributed by atoms with Gasteiger partial charge in [0.1, 0.15) is 11.4 Å². The van der Waals surface area contributed by atoms with Crippen LogP contribution in [0.5, 0.6) is 5.75 Å². The maximum atomic E-state index is 14.5. The predicted molar refractivity (Wildman–Crippen MR) is 99.0 cm³/mol. The molecule has 0 atom stereocenters. The number of hydrogen-bond acceptors (Lipinski definition) is 3. The van der Waals surface area contributed by atoms with Crippen molar-refractivity contribution in [3.8, 4) is 11.4 Å². The van der Waals surface area contributed by atoms with E-state index in [1.807, 2.05) is 19.9 Å². The number of nitrogens with zero attached hydrogens (tertiary/aromatic N) is 2. The van der Waals surface area contributed by atoms with E-state index in [4.69, 9.17) is 16.3 Å². The van der Waals surface area contributed by atoms with Crippen LogP contribution < -0.4 is 10.1 Å². The van der Waals surface area contributed by atoms with Crippen molar-refractivity contribution in [1.82, 2.24) is 9.78 Å². The van der Waals surface area contributed by atoms with E-state index >= 15 is 0 Å². The number of aromatic nitrogens is 2. The monoisotopic (exact) mass is 373 g/mol. The van der Waals surface area contributed by atoms with Gasteiger partial charge in [0.15, 0.2) is 5.82 Å². The Morgan fingerprint density at radius 3 is 2.58 bits per heavy atom. The molecule has 1 N–H and O–H groups in total. The molecule has 0 radical (unpaired) electrons. The van der Waals surface area contributed by atoms with Gasteiger partial charge in [-0.1, -0.05) is 11.6 Å². The summed E-state index contributed by atoms with van der Waals surface area (Å²) in [6.45, 7) is 3.69. The van der Waals surface area contributed by atoms with Crippen molar-refractivity contribution in [3.05, 3.63) is 70.3 Å². The molecule has 0 saturated heterocycles. The van der Waals surface area contributed by atoms with Gasteiger partial charge >= 0.3 is 0 Å². The zero-order valence-electron chi connectivity index (χ0n) is 14.5. The summed E-state index contributed by atoms with van der Waals surface area (Å²) < 4.78 is 21.2. The Kier molecular flexibility index (Phi) is 4.95. The summed E-state index contributed by atoms with van der Waals surface area (Å²) in [6.07, 6.45) is 0. The van der Waals surface area contributed by atoms with Gasteiger partial charge in [-0.3, -0.25) is 4.79 Å². The lowest BCUT2D eigenvalue weighted by Crippen LogP contribution is -2.14. The van der Waals surface area contributed by atoms with E-state index in [-0.39, 0.29) is 5.56 Å². The summed E-state index contributed by atoms with van der Waals surface area (Å²) in [5.74, 6) is -0.554. The lowest BCUT2D eigenvalue weighted by Gasteiger charge is -2.11. The van der Waals surface area contributed by atoms with Crippen molar-refractivity contribution in [2.24, 2.45) is 0 Å². The first-order chi connectivity index (χ1) is 12.4. The summed E-state index contributed by atoms with van der Waals surface area (Å²) in [6, 6.07) is 11.0. The molecule has 0 bridgehead atoms. The molecule has 26 heavy (non-hydrogen) atoms. The maximum Gasteiger partial charge on any atom is 0.259 e. The van der Waals surface area contributed by atoms with Gasteiger partial charge in [0.25, 0.3) is 5.91 Å². The van der Waals surface area contributed by atoms with Gasteiger partial charge in [0, 0.05) is 16.4 Å². The smallest absolute Gasteiger partial charge is 0.259 e. The van der Waals surface area contributed by atoms with Crippen LogP contribution in [0.1, 0.15) is 21.7 Å². The number of amides is 1. The first kappa shape index (κ1) is 17.9. The van der Waals surface area contributed by atoms with E-state index < -0.39 is 11.7 Å². The highest BCUT2D eigenvalue weighted by Gasteiger charge is 2.15. The fourth-order valence-electron chi connectivity index (χ4n) is 2.69.